The third kappa shape index (κ3) is 5.46. The average molecular weight is 596 g/mol. The number of hydrogen-bond acceptors (Lipinski definition) is 5. The van der Waals surface area contributed by atoms with E-state index >= 15 is 0 Å². The molecule has 15 heteroatoms. The summed E-state index contributed by atoms with van der Waals surface area (Å²) in [6.45, 7) is 0.595. The third-order valence-electron chi connectivity index (χ3n) is 7.90. The minimum Gasteiger partial charge on any atom is -0.465 e. The molecule has 224 valence electrons. The highest BCUT2D eigenvalue weighted by molar-refractivity contribution is 6.39. The van der Waals surface area contributed by atoms with Crippen LogP contribution in [0.25, 0.3) is 0 Å². The van der Waals surface area contributed by atoms with Crippen molar-refractivity contribution in [1.82, 2.24) is 14.8 Å². The van der Waals surface area contributed by atoms with Gasteiger partial charge in [0.05, 0.1) is 17.9 Å². The van der Waals surface area contributed by atoms with Crippen LogP contribution in [0.15, 0.2) is 30.5 Å². The van der Waals surface area contributed by atoms with Gasteiger partial charge in [0.1, 0.15) is 11.2 Å². The molecule has 2 atom stereocenters. The molecule has 10 nitrogen and oxygen atoms in total. The number of carbonyl (C=O) groups is 4. The lowest BCUT2D eigenvalue weighted by atomic mass is 9.96. The minimum absolute atomic E-state index is 0.0154. The SMILES string of the molecule is C[C@@H]1CN(C(=O)C(=O)Nc2cnc(NC(=O)O)c(C3CC3)c2)[C@@H](c2ccc(F)c(F)c2)CN1C(=O)C1(C(F)(F)F)CC1. The number of nitrogens with zero attached hydrogens (tertiary/aromatic N) is 3. The molecular weight excluding hydrogens is 569 g/mol. The maximum Gasteiger partial charge on any atom is 0.410 e. The molecule has 0 radical (unpaired) electrons. The van der Waals surface area contributed by atoms with Crippen LogP contribution in [0.5, 0.6) is 0 Å². The van der Waals surface area contributed by atoms with Crippen molar-refractivity contribution in [2.45, 2.75) is 56.8 Å². The molecule has 3 aliphatic rings. The number of anilines is 2. The van der Waals surface area contributed by atoms with Crippen molar-refractivity contribution in [1.29, 1.82) is 0 Å². The van der Waals surface area contributed by atoms with Gasteiger partial charge in [0.25, 0.3) is 0 Å². The number of nitrogens with one attached hydrogen (secondary N) is 2. The normalized spacial score (nSPS) is 21.5. The van der Waals surface area contributed by atoms with Crippen LogP contribution in [0.2, 0.25) is 0 Å². The predicted molar refractivity (Wildman–Crippen MR) is 136 cm³/mol. The highest BCUT2D eigenvalue weighted by atomic mass is 19.4. The quantitative estimate of drug-likeness (QED) is 0.347. The fourth-order valence-corrected chi connectivity index (χ4v) is 5.28. The largest absolute Gasteiger partial charge is 0.465 e. The van der Waals surface area contributed by atoms with E-state index in [-0.39, 0.29) is 42.4 Å². The second kappa shape index (κ2) is 10.5. The molecule has 1 aromatic carbocycles. The van der Waals surface area contributed by atoms with E-state index in [4.69, 9.17) is 5.11 Å². The Morgan fingerprint density at radius 2 is 1.69 bits per heavy atom. The third-order valence-corrected chi connectivity index (χ3v) is 7.90. The lowest BCUT2D eigenvalue weighted by Crippen LogP contribution is -2.60. The molecule has 42 heavy (non-hydrogen) atoms. The van der Waals surface area contributed by atoms with Crippen molar-refractivity contribution in [3.63, 3.8) is 0 Å². The molecule has 0 spiro atoms. The second-order valence-electron chi connectivity index (χ2n) is 10.9. The average Bonchev–Trinajstić information content (AvgIpc) is 3.83. The summed E-state index contributed by atoms with van der Waals surface area (Å²) in [5.74, 6) is -5.80. The Bertz CT molecular complexity index is 1460. The van der Waals surface area contributed by atoms with Crippen molar-refractivity contribution in [3.05, 3.63) is 53.2 Å². The van der Waals surface area contributed by atoms with E-state index in [1.807, 2.05) is 0 Å². The second-order valence-corrected chi connectivity index (χ2v) is 10.9. The maximum absolute atomic E-state index is 14.2. The first kappa shape index (κ1) is 29.2. The highest BCUT2D eigenvalue weighted by Gasteiger charge is 2.70. The van der Waals surface area contributed by atoms with E-state index in [1.54, 1.807) is 0 Å². The molecule has 2 aromatic rings. The first-order valence-corrected chi connectivity index (χ1v) is 13.2. The van der Waals surface area contributed by atoms with E-state index in [1.165, 1.54) is 13.0 Å². The van der Waals surface area contributed by atoms with Crippen LogP contribution < -0.4 is 10.6 Å². The molecule has 1 aliphatic heterocycles. The van der Waals surface area contributed by atoms with E-state index in [9.17, 15) is 41.1 Å². The summed E-state index contributed by atoms with van der Waals surface area (Å²) in [6, 6.07) is 1.99. The molecule has 1 aromatic heterocycles. The summed E-state index contributed by atoms with van der Waals surface area (Å²) in [4.78, 5) is 56.7. The van der Waals surface area contributed by atoms with Crippen LogP contribution in [0, 0.1) is 17.0 Å². The molecule has 4 amide bonds. The molecule has 2 aliphatic carbocycles. The Balaban J connectivity index is 1.41. The molecule has 5 rings (SSSR count). The van der Waals surface area contributed by atoms with Crippen molar-refractivity contribution in [2.75, 3.05) is 23.7 Å². The summed E-state index contributed by atoms with van der Waals surface area (Å²) < 4.78 is 69.1. The molecular formula is C27H26F5N5O5. The Kier molecular flexibility index (Phi) is 7.31. The standard InChI is InChI=1S/C27H26F5N5O5/c1-13-11-37(23(39)22(38)34-16-9-17(14-2-3-14)21(33-10-16)35-25(41)42)20(15-4-5-18(28)19(29)8-15)12-36(13)24(40)26(6-7-26)27(30,31)32/h4-5,8-10,13-14,20H,2-3,6-7,11-12H2,1H3,(H,33,35)(H,34,38)(H,41,42)/t13-,20-/m1/s1. The van der Waals surface area contributed by atoms with Crippen LogP contribution in [0.1, 0.15) is 55.7 Å². The van der Waals surface area contributed by atoms with Crippen molar-refractivity contribution < 1.29 is 46.2 Å². The summed E-state index contributed by atoms with van der Waals surface area (Å²) >= 11 is 0. The minimum atomic E-state index is -4.78. The number of pyridine rings is 1. The van der Waals surface area contributed by atoms with E-state index in [0.29, 0.717) is 5.56 Å². The summed E-state index contributed by atoms with van der Waals surface area (Å²) in [5.41, 5.74) is -1.92. The molecule has 2 heterocycles. The fraction of sp³-hybridized carbons (Fsp3) is 0.444. The van der Waals surface area contributed by atoms with Crippen molar-refractivity contribution in [3.8, 4) is 0 Å². The number of benzene rings is 1. The zero-order chi connectivity index (χ0) is 30.6. The summed E-state index contributed by atoms with van der Waals surface area (Å²) in [6.07, 6.45) is -4.15. The van der Waals surface area contributed by atoms with Crippen LogP contribution in [-0.2, 0) is 14.4 Å². The number of aromatic nitrogens is 1. The smallest absolute Gasteiger partial charge is 0.410 e. The van der Waals surface area contributed by atoms with Gasteiger partial charge in [-0.1, -0.05) is 6.07 Å². The zero-order valence-electron chi connectivity index (χ0n) is 22.2. The number of piperazine rings is 1. The topological polar surface area (TPSA) is 132 Å². The van der Waals surface area contributed by atoms with Gasteiger partial charge in [-0.2, -0.15) is 13.2 Å². The van der Waals surface area contributed by atoms with Gasteiger partial charge in [-0.05, 0) is 62.3 Å². The van der Waals surface area contributed by atoms with Crippen LogP contribution in [0.3, 0.4) is 0 Å². The van der Waals surface area contributed by atoms with Gasteiger partial charge in [-0.15, -0.1) is 0 Å². The van der Waals surface area contributed by atoms with Gasteiger partial charge in [-0.3, -0.25) is 19.7 Å². The number of carbonyl (C=O) groups excluding carboxylic acids is 3. The van der Waals surface area contributed by atoms with Crippen LogP contribution in [0.4, 0.5) is 38.3 Å². The van der Waals surface area contributed by atoms with Crippen LogP contribution in [-0.4, -0.2) is 69.0 Å². The first-order chi connectivity index (χ1) is 19.7. The molecule has 0 bridgehead atoms. The van der Waals surface area contributed by atoms with Gasteiger partial charge in [-0.25, -0.2) is 18.6 Å². The van der Waals surface area contributed by atoms with Crippen LogP contribution >= 0.6 is 0 Å². The Labute approximate surface area is 235 Å². The number of amides is 4. The highest BCUT2D eigenvalue weighted by Crippen LogP contribution is 2.59. The van der Waals surface area contributed by atoms with Crippen molar-refractivity contribution >= 4 is 35.3 Å². The van der Waals surface area contributed by atoms with Gasteiger partial charge in [0, 0.05) is 24.7 Å². The number of carboxylic acid groups (broad SMARTS) is 1. The fourth-order valence-electron chi connectivity index (χ4n) is 5.28. The Hall–Kier alpha value is -4.30. The summed E-state index contributed by atoms with van der Waals surface area (Å²) in [5, 5.41) is 13.6. The number of rotatable bonds is 5. The van der Waals surface area contributed by atoms with Gasteiger partial charge < -0.3 is 20.2 Å². The lowest BCUT2D eigenvalue weighted by Gasteiger charge is -2.46. The van der Waals surface area contributed by atoms with Gasteiger partial charge in [0.2, 0.25) is 5.91 Å². The number of halogens is 5. The Morgan fingerprint density at radius 3 is 2.26 bits per heavy atom. The maximum atomic E-state index is 14.2. The van der Waals surface area contributed by atoms with E-state index in [0.717, 1.165) is 47.0 Å². The molecule has 3 N–H and O–H groups in total. The monoisotopic (exact) mass is 595 g/mol. The molecule has 1 saturated heterocycles. The lowest BCUT2D eigenvalue weighted by molar-refractivity contribution is -0.201. The molecule has 3 fully saturated rings. The van der Waals surface area contributed by atoms with Gasteiger partial charge in [0.15, 0.2) is 11.6 Å². The zero-order valence-corrected chi connectivity index (χ0v) is 22.2. The molecule has 0 unspecified atom stereocenters. The van der Waals surface area contributed by atoms with E-state index in [2.05, 4.69) is 15.6 Å². The number of hydrogen-bond donors (Lipinski definition) is 3. The number of alkyl halides is 3. The van der Waals surface area contributed by atoms with E-state index < -0.39 is 65.7 Å². The van der Waals surface area contributed by atoms with Crippen molar-refractivity contribution in [2.24, 2.45) is 5.41 Å². The van der Waals surface area contributed by atoms with Gasteiger partial charge >= 0.3 is 24.1 Å². The predicted octanol–water partition coefficient (Wildman–Crippen LogP) is 4.41. The Morgan fingerprint density at radius 1 is 1.00 bits per heavy atom. The molecule has 2 saturated carbocycles. The summed E-state index contributed by atoms with van der Waals surface area (Å²) in [7, 11) is 0. The first-order valence-electron chi connectivity index (χ1n) is 13.2.